The predicted octanol–water partition coefficient (Wildman–Crippen LogP) is 4.46. The van der Waals surface area contributed by atoms with Crippen LogP contribution in [-0.4, -0.2) is 36.4 Å². The van der Waals surface area contributed by atoms with Gasteiger partial charge >= 0.3 is 18.1 Å². The Hall–Kier alpha value is -2.79. The summed E-state index contributed by atoms with van der Waals surface area (Å²) in [4.78, 5) is 12.9. The van der Waals surface area contributed by atoms with E-state index in [1.807, 2.05) is 0 Å². The SMILES string of the molecule is CCS(=O)(=O)c1cc(C2(C#N)CC2)cnc1NCc1cc(C(F)(F)C(F)(F)F)sc1C(=O)O. The van der Waals surface area contributed by atoms with Crippen molar-refractivity contribution in [3.05, 3.63) is 39.2 Å². The number of thiophene rings is 1. The molecule has 0 aliphatic heterocycles. The minimum absolute atomic E-state index is 0.216. The molecule has 0 spiro atoms. The highest BCUT2D eigenvalue weighted by molar-refractivity contribution is 7.91. The molecule has 0 atom stereocenters. The van der Waals surface area contributed by atoms with E-state index in [1.165, 1.54) is 19.2 Å². The lowest BCUT2D eigenvalue weighted by molar-refractivity contribution is -0.287. The van der Waals surface area contributed by atoms with Gasteiger partial charge in [-0.25, -0.2) is 18.2 Å². The molecule has 2 aromatic heterocycles. The van der Waals surface area contributed by atoms with Crippen LogP contribution in [0.5, 0.6) is 0 Å². The summed E-state index contributed by atoms with van der Waals surface area (Å²) in [6.07, 6.45) is -3.59. The van der Waals surface area contributed by atoms with Gasteiger partial charge in [-0.2, -0.15) is 27.2 Å². The number of rotatable bonds is 8. The molecule has 2 N–H and O–H groups in total. The van der Waals surface area contributed by atoms with E-state index in [0.29, 0.717) is 24.5 Å². The zero-order valence-electron chi connectivity index (χ0n) is 16.8. The largest absolute Gasteiger partial charge is 0.477 e. The van der Waals surface area contributed by atoms with Crippen molar-refractivity contribution >= 4 is 33.0 Å². The van der Waals surface area contributed by atoms with Crippen LogP contribution in [0.1, 0.15) is 45.4 Å². The summed E-state index contributed by atoms with van der Waals surface area (Å²) in [5, 5.41) is 21.1. The van der Waals surface area contributed by atoms with Crippen LogP contribution in [0.2, 0.25) is 0 Å². The van der Waals surface area contributed by atoms with E-state index in [4.69, 9.17) is 0 Å². The van der Waals surface area contributed by atoms with Crippen LogP contribution in [0.25, 0.3) is 0 Å². The lowest BCUT2D eigenvalue weighted by Crippen LogP contribution is -2.32. The maximum Gasteiger partial charge on any atom is 0.458 e. The van der Waals surface area contributed by atoms with Crippen molar-refractivity contribution in [1.82, 2.24) is 4.98 Å². The molecule has 2 heterocycles. The Morgan fingerprint density at radius 1 is 1.30 bits per heavy atom. The fourth-order valence-electron chi connectivity index (χ4n) is 3.04. The van der Waals surface area contributed by atoms with Gasteiger partial charge in [0.25, 0.3) is 0 Å². The number of pyridine rings is 1. The molecule has 2 aromatic rings. The predicted molar refractivity (Wildman–Crippen MR) is 107 cm³/mol. The molecule has 0 saturated heterocycles. The molecule has 1 aliphatic carbocycles. The average Bonchev–Trinajstić information content (AvgIpc) is 3.42. The Labute approximate surface area is 188 Å². The van der Waals surface area contributed by atoms with Gasteiger partial charge in [0.2, 0.25) is 0 Å². The number of nitrogens with one attached hydrogen (secondary N) is 1. The van der Waals surface area contributed by atoms with E-state index in [0.717, 1.165) is 0 Å². The Morgan fingerprint density at radius 2 is 1.94 bits per heavy atom. The number of nitrogens with zero attached hydrogens (tertiary/aromatic N) is 2. The number of carboxylic acid groups (broad SMARTS) is 1. The minimum atomic E-state index is -5.92. The third kappa shape index (κ3) is 4.51. The van der Waals surface area contributed by atoms with Crippen molar-refractivity contribution in [3.8, 4) is 6.07 Å². The summed E-state index contributed by atoms with van der Waals surface area (Å²) in [5.74, 6) is -7.53. The van der Waals surface area contributed by atoms with Crippen LogP contribution in [0, 0.1) is 11.3 Å². The Bertz CT molecular complexity index is 1250. The number of carboxylic acids is 1. The van der Waals surface area contributed by atoms with Gasteiger partial charge in [-0.15, -0.1) is 11.3 Å². The Balaban J connectivity index is 1.99. The highest BCUT2D eigenvalue weighted by Gasteiger charge is 2.60. The van der Waals surface area contributed by atoms with Crippen LogP contribution in [0.3, 0.4) is 0 Å². The quantitative estimate of drug-likeness (QED) is 0.504. The molecule has 0 unspecified atom stereocenters. The minimum Gasteiger partial charge on any atom is -0.477 e. The molecule has 178 valence electrons. The number of aromatic carboxylic acids is 1. The Morgan fingerprint density at radius 3 is 2.42 bits per heavy atom. The number of carbonyl (C=O) groups is 1. The van der Waals surface area contributed by atoms with Gasteiger partial charge in [-0.05, 0) is 36.1 Å². The van der Waals surface area contributed by atoms with Crippen LogP contribution in [0.4, 0.5) is 27.8 Å². The van der Waals surface area contributed by atoms with Crippen molar-refractivity contribution in [2.24, 2.45) is 0 Å². The number of alkyl halides is 5. The highest BCUT2D eigenvalue weighted by atomic mass is 32.2. The fraction of sp³-hybridized carbons (Fsp3) is 0.421. The molecule has 1 aliphatic rings. The molecule has 7 nitrogen and oxygen atoms in total. The number of halogens is 5. The van der Waals surface area contributed by atoms with Crippen LogP contribution < -0.4 is 5.32 Å². The number of hydrogen-bond acceptors (Lipinski definition) is 7. The maximum atomic E-state index is 13.7. The second kappa shape index (κ2) is 8.21. The zero-order chi connectivity index (χ0) is 24.8. The number of anilines is 1. The van der Waals surface area contributed by atoms with E-state index in [1.54, 1.807) is 0 Å². The molecule has 0 aromatic carbocycles. The van der Waals surface area contributed by atoms with E-state index < -0.39 is 55.2 Å². The van der Waals surface area contributed by atoms with Gasteiger partial charge < -0.3 is 10.4 Å². The normalized spacial score (nSPS) is 15.7. The molecule has 0 amide bonds. The summed E-state index contributed by atoms with van der Waals surface area (Å²) in [6, 6.07) is 3.81. The van der Waals surface area contributed by atoms with E-state index >= 15 is 0 Å². The molecule has 3 rings (SSSR count). The number of sulfone groups is 1. The summed E-state index contributed by atoms with van der Waals surface area (Å²) in [6.45, 7) is 0.796. The lowest BCUT2D eigenvalue weighted by Gasteiger charge is -2.17. The second-order valence-electron chi connectivity index (χ2n) is 7.36. The van der Waals surface area contributed by atoms with Crippen LogP contribution >= 0.6 is 11.3 Å². The number of nitriles is 1. The average molecular weight is 509 g/mol. The molecule has 0 bridgehead atoms. The highest BCUT2D eigenvalue weighted by Crippen LogP contribution is 2.49. The first-order chi connectivity index (χ1) is 15.2. The van der Waals surface area contributed by atoms with Crippen molar-refractivity contribution in [1.29, 1.82) is 5.26 Å². The van der Waals surface area contributed by atoms with Gasteiger partial charge in [-0.3, -0.25) is 0 Å². The molecule has 33 heavy (non-hydrogen) atoms. The first-order valence-corrected chi connectivity index (χ1v) is 11.8. The molecule has 1 saturated carbocycles. The summed E-state index contributed by atoms with van der Waals surface area (Å²) >= 11 is -0.216. The zero-order valence-corrected chi connectivity index (χ0v) is 18.5. The topological polar surface area (TPSA) is 120 Å². The molecule has 14 heteroatoms. The lowest BCUT2D eigenvalue weighted by atomic mass is 10.00. The van der Waals surface area contributed by atoms with Crippen molar-refractivity contribution in [3.63, 3.8) is 0 Å². The molecule has 1 fully saturated rings. The van der Waals surface area contributed by atoms with Gasteiger partial charge in [-0.1, -0.05) is 6.92 Å². The van der Waals surface area contributed by atoms with E-state index in [2.05, 4.69) is 16.4 Å². The standard InChI is InChI=1S/C19H16F5N3O4S2/c1-2-33(30,31)12-6-11(17(9-25)3-4-17)8-27-15(12)26-7-10-5-13(32-14(10)16(28)29)18(20,21)19(22,23)24/h5-6,8H,2-4,7H2,1H3,(H,26,27)(H,28,29). The second-order valence-corrected chi connectivity index (χ2v) is 10.7. The molecule has 0 radical (unpaired) electrons. The van der Waals surface area contributed by atoms with Crippen molar-refractivity contribution in [2.45, 2.75) is 48.7 Å². The third-order valence-corrected chi connectivity index (χ3v) is 8.18. The van der Waals surface area contributed by atoms with Crippen molar-refractivity contribution in [2.75, 3.05) is 11.1 Å². The first kappa shape index (κ1) is 24.8. The fourth-order valence-corrected chi connectivity index (χ4v) is 5.09. The third-order valence-electron chi connectivity index (χ3n) is 5.20. The smallest absolute Gasteiger partial charge is 0.458 e. The summed E-state index contributed by atoms with van der Waals surface area (Å²) in [7, 11) is -3.88. The molecular weight excluding hydrogens is 493 g/mol. The first-order valence-electron chi connectivity index (χ1n) is 9.38. The monoisotopic (exact) mass is 509 g/mol. The van der Waals surface area contributed by atoms with Gasteiger partial charge in [0.1, 0.15) is 15.6 Å². The molecular formula is C19H16F5N3O4S2. The van der Waals surface area contributed by atoms with Gasteiger partial charge in [0.05, 0.1) is 22.1 Å². The van der Waals surface area contributed by atoms with Crippen molar-refractivity contribution < 1.29 is 40.3 Å². The summed E-state index contributed by atoms with van der Waals surface area (Å²) in [5.41, 5.74) is -0.852. The number of aromatic nitrogens is 1. The van der Waals surface area contributed by atoms with Gasteiger partial charge in [0.15, 0.2) is 9.84 Å². The van der Waals surface area contributed by atoms with Crippen LogP contribution in [0.15, 0.2) is 23.2 Å². The van der Waals surface area contributed by atoms with E-state index in [-0.39, 0.29) is 27.8 Å². The van der Waals surface area contributed by atoms with E-state index in [9.17, 15) is 45.5 Å². The Kier molecular flexibility index (Phi) is 6.18. The van der Waals surface area contributed by atoms with Gasteiger partial charge in [0, 0.05) is 12.7 Å². The maximum absolute atomic E-state index is 13.7. The van der Waals surface area contributed by atoms with Crippen LogP contribution in [-0.2, 0) is 27.7 Å². The summed E-state index contributed by atoms with van der Waals surface area (Å²) < 4.78 is 90.6. The number of hydrogen-bond donors (Lipinski definition) is 2.